The lowest BCUT2D eigenvalue weighted by molar-refractivity contribution is 0.925. The van der Waals surface area contributed by atoms with Crippen molar-refractivity contribution in [1.82, 2.24) is 5.32 Å². The molecule has 0 fully saturated rings. The fraction of sp³-hybridized carbons (Fsp3) is 0.300. The molecular formula is C10H15ClIN3. The van der Waals surface area contributed by atoms with Crippen molar-refractivity contribution < 1.29 is 0 Å². The van der Waals surface area contributed by atoms with E-state index >= 15 is 0 Å². The largest absolute Gasteiger partial charge is 0.370 e. The summed E-state index contributed by atoms with van der Waals surface area (Å²) in [4.78, 5) is 4.15. The molecule has 1 aromatic rings. The van der Waals surface area contributed by atoms with Gasteiger partial charge in [0.25, 0.3) is 0 Å². The molecule has 3 nitrogen and oxygen atoms in total. The van der Waals surface area contributed by atoms with E-state index < -0.39 is 0 Å². The second-order valence-electron chi connectivity index (χ2n) is 2.86. The van der Waals surface area contributed by atoms with Gasteiger partial charge in [0.2, 0.25) is 0 Å². The molecule has 0 unspecified atom stereocenters. The lowest BCUT2D eigenvalue weighted by Gasteiger charge is -2.01. The van der Waals surface area contributed by atoms with Gasteiger partial charge in [0.15, 0.2) is 5.96 Å². The minimum atomic E-state index is 0. The van der Waals surface area contributed by atoms with Crippen LogP contribution in [-0.2, 0) is 6.54 Å². The normalized spacial score (nSPS) is 10.7. The molecule has 0 aliphatic carbocycles. The minimum Gasteiger partial charge on any atom is -0.370 e. The predicted octanol–water partition coefficient (Wildman–Crippen LogP) is 2.38. The first kappa shape index (κ1) is 14.5. The van der Waals surface area contributed by atoms with Crippen LogP contribution in [0.5, 0.6) is 0 Å². The van der Waals surface area contributed by atoms with Crippen LogP contribution >= 0.6 is 35.6 Å². The number of rotatable bonds is 3. The molecule has 0 saturated heterocycles. The number of nitrogens with zero attached hydrogens (tertiary/aromatic N) is 1. The zero-order valence-electron chi connectivity index (χ0n) is 8.53. The average Bonchev–Trinajstić information content (AvgIpc) is 2.15. The molecule has 0 saturated carbocycles. The van der Waals surface area contributed by atoms with Crippen molar-refractivity contribution in [2.45, 2.75) is 13.5 Å². The van der Waals surface area contributed by atoms with Crippen molar-refractivity contribution in [3.05, 3.63) is 34.9 Å². The van der Waals surface area contributed by atoms with Crippen molar-refractivity contribution >= 4 is 41.5 Å². The summed E-state index contributed by atoms with van der Waals surface area (Å²) in [6.07, 6.45) is 0. The van der Waals surface area contributed by atoms with Gasteiger partial charge in [0, 0.05) is 11.6 Å². The number of hydrogen-bond donors (Lipinski definition) is 2. The maximum absolute atomic E-state index is 5.83. The quantitative estimate of drug-likeness (QED) is 0.505. The molecule has 0 aliphatic heterocycles. The van der Waals surface area contributed by atoms with E-state index in [2.05, 4.69) is 10.3 Å². The van der Waals surface area contributed by atoms with Crippen molar-refractivity contribution in [3.8, 4) is 0 Å². The number of nitrogens with two attached hydrogens (primary N) is 1. The maximum atomic E-state index is 5.83. The molecule has 15 heavy (non-hydrogen) atoms. The first-order chi connectivity index (χ1) is 6.72. The fourth-order valence-corrected chi connectivity index (χ4v) is 1.26. The highest BCUT2D eigenvalue weighted by atomic mass is 127. The van der Waals surface area contributed by atoms with Gasteiger partial charge >= 0.3 is 0 Å². The molecular weight excluding hydrogens is 324 g/mol. The zero-order valence-corrected chi connectivity index (χ0v) is 11.6. The van der Waals surface area contributed by atoms with Gasteiger partial charge in [-0.1, -0.05) is 23.7 Å². The van der Waals surface area contributed by atoms with Crippen molar-refractivity contribution in [2.24, 2.45) is 10.7 Å². The van der Waals surface area contributed by atoms with Gasteiger partial charge in [-0.3, -0.25) is 0 Å². The third kappa shape index (κ3) is 5.84. The molecule has 5 heteroatoms. The van der Waals surface area contributed by atoms with Gasteiger partial charge in [-0.25, -0.2) is 4.99 Å². The number of nitrogens with one attached hydrogen (secondary N) is 1. The smallest absolute Gasteiger partial charge is 0.188 e. The number of halogens is 2. The SMILES string of the molecule is CCNC(N)=NCc1cccc(Cl)c1.I. The van der Waals surface area contributed by atoms with Crippen LogP contribution < -0.4 is 11.1 Å². The van der Waals surface area contributed by atoms with E-state index in [1.165, 1.54) is 0 Å². The van der Waals surface area contributed by atoms with Gasteiger partial charge < -0.3 is 11.1 Å². The maximum Gasteiger partial charge on any atom is 0.188 e. The van der Waals surface area contributed by atoms with E-state index in [-0.39, 0.29) is 24.0 Å². The highest BCUT2D eigenvalue weighted by Crippen LogP contribution is 2.11. The van der Waals surface area contributed by atoms with E-state index in [0.717, 1.165) is 17.1 Å². The first-order valence-corrected chi connectivity index (χ1v) is 4.88. The van der Waals surface area contributed by atoms with Gasteiger partial charge in [-0.05, 0) is 24.6 Å². The van der Waals surface area contributed by atoms with E-state index in [1.54, 1.807) is 0 Å². The number of hydrogen-bond acceptors (Lipinski definition) is 1. The summed E-state index contributed by atoms with van der Waals surface area (Å²) in [5.41, 5.74) is 6.63. The number of aliphatic imine (C=N–C) groups is 1. The van der Waals surface area contributed by atoms with Crippen LogP contribution in [0.3, 0.4) is 0 Å². The molecule has 0 heterocycles. The molecule has 1 rings (SSSR count). The summed E-state index contributed by atoms with van der Waals surface area (Å²) < 4.78 is 0. The Hall–Kier alpha value is -0.490. The van der Waals surface area contributed by atoms with Gasteiger partial charge in [0.05, 0.1) is 6.54 Å². The topological polar surface area (TPSA) is 50.4 Å². The Labute approximate surface area is 112 Å². The summed E-state index contributed by atoms with van der Waals surface area (Å²) in [5.74, 6) is 0.465. The van der Waals surface area contributed by atoms with Crippen LogP contribution in [0.4, 0.5) is 0 Å². The first-order valence-electron chi connectivity index (χ1n) is 4.50. The van der Waals surface area contributed by atoms with Gasteiger partial charge in [-0.2, -0.15) is 0 Å². The van der Waals surface area contributed by atoms with Crippen LogP contribution in [0.15, 0.2) is 29.3 Å². The minimum absolute atomic E-state index is 0. The number of guanidine groups is 1. The highest BCUT2D eigenvalue weighted by Gasteiger charge is 1.93. The Kier molecular flexibility index (Phi) is 7.50. The van der Waals surface area contributed by atoms with Crippen LogP contribution in [0.1, 0.15) is 12.5 Å². The molecule has 3 N–H and O–H groups in total. The summed E-state index contributed by atoms with van der Waals surface area (Å²) in [6.45, 7) is 3.31. The summed E-state index contributed by atoms with van der Waals surface area (Å²) in [6, 6.07) is 7.58. The Balaban J connectivity index is 0.00000196. The van der Waals surface area contributed by atoms with Crippen molar-refractivity contribution in [1.29, 1.82) is 0 Å². The molecule has 0 aliphatic rings. The fourth-order valence-electron chi connectivity index (χ4n) is 1.05. The Morgan fingerprint density at radius 2 is 2.27 bits per heavy atom. The predicted molar refractivity (Wildman–Crippen MR) is 75.9 cm³/mol. The second kappa shape index (κ2) is 7.76. The molecule has 84 valence electrons. The van der Waals surface area contributed by atoms with Crippen LogP contribution in [0.2, 0.25) is 5.02 Å². The van der Waals surface area contributed by atoms with Gasteiger partial charge in [0.1, 0.15) is 0 Å². The number of benzene rings is 1. The molecule has 0 radical (unpaired) electrons. The lowest BCUT2D eigenvalue weighted by atomic mass is 10.2. The Bertz CT molecular complexity index is 328. The molecule has 0 aromatic heterocycles. The third-order valence-corrected chi connectivity index (χ3v) is 1.91. The second-order valence-corrected chi connectivity index (χ2v) is 3.30. The van der Waals surface area contributed by atoms with E-state index in [0.29, 0.717) is 12.5 Å². The molecule has 0 bridgehead atoms. The molecule has 0 amide bonds. The third-order valence-electron chi connectivity index (χ3n) is 1.68. The highest BCUT2D eigenvalue weighted by molar-refractivity contribution is 14.0. The Morgan fingerprint density at radius 1 is 1.53 bits per heavy atom. The average molecular weight is 340 g/mol. The molecule has 1 aromatic carbocycles. The van der Waals surface area contributed by atoms with Crippen LogP contribution in [-0.4, -0.2) is 12.5 Å². The van der Waals surface area contributed by atoms with Gasteiger partial charge in [-0.15, -0.1) is 24.0 Å². The monoisotopic (exact) mass is 339 g/mol. The van der Waals surface area contributed by atoms with Crippen LogP contribution in [0.25, 0.3) is 0 Å². The summed E-state index contributed by atoms with van der Waals surface area (Å²) >= 11 is 5.83. The molecule has 0 spiro atoms. The van der Waals surface area contributed by atoms with E-state index in [4.69, 9.17) is 17.3 Å². The Morgan fingerprint density at radius 3 is 2.87 bits per heavy atom. The zero-order chi connectivity index (χ0) is 10.4. The van der Waals surface area contributed by atoms with Crippen molar-refractivity contribution in [2.75, 3.05) is 6.54 Å². The van der Waals surface area contributed by atoms with E-state index in [9.17, 15) is 0 Å². The lowest BCUT2D eigenvalue weighted by Crippen LogP contribution is -2.31. The van der Waals surface area contributed by atoms with Crippen LogP contribution in [0, 0.1) is 0 Å². The van der Waals surface area contributed by atoms with Crippen molar-refractivity contribution in [3.63, 3.8) is 0 Å². The molecule has 0 atom stereocenters. The summed E-state index contributed by atoms with van der Waals surface area (Å²) in [5, 5.41) is 3.65. The standard InChI is InChI=1S/C10H14ClN3.HI/c1-2-13-10(12)14-7-8-4-3-5-9(11)6-8;/h3-6H,2,7H2,1H3,(H3,12,13,14);1H. The summed E-state index contributed by atoms with van der Waals surface area (Å²) in [7, 11) is 0. The van der Waals surface area contributed by atoms with E-state index in [1.807, 2.05) is 31.2 Å².